The summed E-state index contributed by atoms with van der Waals surface area (Å²) in [5, 5.41) is 17.8. The molecule has 0 aliphatic rings. The molecule has 1 N–H and O–H groups in total. The number of nitrogens with one attached hydrogen (secondary N) is 1. The molecule has 5 nitrogen and oxygen atoms in total. The first kappa shape index (κ1) is 13.0. The average molecular weight is 265 g/mol. The fourth-order valence-corrected chi connectivity index (χ4v) is 2.54. The number of anilines is 1. The lowest BCUT2D eigenvalue weighted by Gasteiger charge is -2.04. The van der Waals surface area contributed by atoms with E-state index < -0.39 is 0 Å². The first-order valence-electron chi connectivity index (χ1n) is 6.18. The molecular formula is C12H19N5S. The van der Waals surface area contributed by atoms with E-state index in [9.17, 15) is 0 Å². The molecule has 2 heterocycles. The van der Waals surface area contributed by atoms with Crippen LogP contribution in [0.15, 0.2) is 0 Å². The summed E-state index contributed by atoms with van der Waals surface area (Å²) in [6, 6.07) is 0. The van der Waals surface area contributed by atoms with E-state index in [2.05, 4.69) is 46.1 Å². The highest BCUT2D eigenvalue weighted by atomic mass is 32.1. The van der Waals surface area contributed by atoms with Crippen molar-refractivity contribution < 1.29 is 0 Å². The number of nitrogens with zero attached hydrogens (tertiary/aromatic N) is 4. The molecule has 0 aliphatic carbocycles. The second-order valence-electron chi connectivity index (χ2n) is 4.35. The molecular weight excluding hydrogens is 246 g/mol. The molecule has 2 rings (SSSR count). The molecule has 0 radical (unpaired) electrons. The highest BCUT2D eigenvalue weighted by Crippen LogP contribution is 2.18. The van der Waals surface area contributed by atoms with E-state index in [0.717, 1.165) is 35.3 Å². The fraction of sp³-hybridized carbons (Fsp3) is 0.583. The highest BCUT2D eigenvalue weighted by Gasteiger charge is 2.11. The lowest BCUT2D eigenvalue weighted by Crippen LogP contribution is -2.04. The van der Waals surface area contributed by atoms with E-state index in [0.29, 0.717) is 0 Å². The molecule has 0 atom stereocenters. The van der Waals surface area contributed by atoms with Gasteiger partial charge in [0.1, 0.15) is 5.01 Å². The number of aryl methyl sites for hydroxylation is 3. The molecule has 0 unspecified atom stereocenters. The smallest absolute Gasteiger partial charge is 0.205 e. The zero-order valence-corrected chi connectivity index (χ0v) is 12.1. The van der Waals surface area contributed by atoms with E-state index in [-0.39, 0.29) is 0 Å². The van der Waals surface area contributed by atoms with Gasteiger partial charge in [-0.1, -0.05) is 18.3 Å². The van der Waals surface area contributed by atoms with Gasteiger partial charge in [0, 0.05) is 24.3 Å². The normalized spacial score (nSPS) is 10.9. The van der Waals surface area contributed by atoms with Crippen LogP contribution in [-0.4, -0.2) is 20.0 Å². The summed E-state index contributed by atoms with van der Waals surface area (Å²) in [6.07, 6.45) is 1.10. The first-order valence-corrected chi connectivity index (χ1v) is 7.00. The maximum absolute atomic E-state index is 4.56. The van der Waals surface area contributed by atoms with Crippen LogP contribution < -0.4 is 5.32 Å². The van der Waals surface area contributed by atoms with E-state index in [1.165, 1.54) is 11.3 Å². The van der Waals surface area contributed by atoms with Gasteiger partial charge in [0.05, 0.1) is 5.69 Å². The minimum Gasteiger partial charge on any atom is -0.356 e. The first-order chi connectivity index (χ1) is 8.61. The molecule has 0 saturated carbocycles. The van der Waals surface area contributed by atoms with Crippen LogP contribution in [0.2, 0.25) is 0 Å². The van der Waals surface area contributed by atoms with Crippen molar-refractivity contribution in [2.45, 2.75) is 47.2 Å². The molecule has 0 bridgehead atoms. The second kappa shape index (κ2) is 5.48. The van der Waals surface area contributed by atoms with Gasteiger partial charge in [-0.3, -0.25) is 4.68 Å². The second-order valence-corrected chi connectivity index (χ2v) is 5.53. The van der Waals surface area contributed by atoms with Crippen molar-refractivity contribution in [2.24, 2.45) is 0 Å². The van der Waals surface area contributed by atoms with Crippen molar-refractivity contribution in [3.8, 4) is 0 Å². The number of hydrogen-bond acceptors (Lipinski definition) is 5. The molecule has 0 aromatic carbocycles. The Balaban J connectivity index is 2.09. The van der Waals surface area contributed by atoms with Crippen molar-refractivity contribution in [3.05, 3.63) is 22.0 Å². The Kier molecular flexibility index (Phi) is 3.96. The number of aromatic nitrogens is 4. The van der Waals surface area contributed by atoms with Gasteiger partial charge < -0.3 is 5.32 Å². The van der Waals surface area contributed by atoms with Gasteiger partial charge in [-0.25, -0.2) is 0 Å². The summed E-state index contributed by atoms with van der Waals surface area (Å²) in [5.41, 5.74) is 3.59. The minimum absolute atomic E-state index is 0.760. The Labute approximate surface area is 111 Å². The zero-order valence-electron chi connectivity index (χ0n) is 11.3. The van der Waals surface area contributed by atoms with Gasteiger partial charge in [0.25, 0.3) is 0 Å². The third-order valence-electron chi connectivity index (χ3n) is 2.91. The lowest BCUT2D eigenvalue weighted by molar-refractivity contribution is 0.582. The molecule has 0 amide bonds. The minimum atomic E-state index is 0.760. The van der Waals surface area contributed by atoms with Crippen molar-refractivity contribution in [1.82, 2.24) is 20.0 Å². The van der Waals surface area contributed by atoms with Gasteiger partial charge in [-0.15, -0.1) is 10.2 Å². The molecule has 98 valence electrons. The van der Waals surface area contributed by atoms with Gasteiger partial charge in [-0.05, 0) is 27.2 Å². The summed E-state index contributed by atoms with van der Waals surface area (Å²) in [6.45, 7) is 10.0. The standard InChI is InChI=1S/C12H19N5S/c1-5-6-17-9(3)11(8(2)16-17)7-13-12-15-14-10(4)18-12/h5-7H2,1-4H3,(H,13,15). The summed E-state index contributed by atoms with van der Waals surface area (Å²) in [5.74, 6) is 0. The van der Waals surface area contributed by atoms with Crippen LogP contribution in [0.25, 0.3) is 0 Å². The van der Waals surface area contributed by atoms with Gasteiger partial charge in [-0.2, -0.15) is 5.10 Å². The molecule has 2 aromatic rings. The van der Waals surface area contributed by atoms with Crippen LogP contribution >= 0.6 is 11.3 Å². The van der Waals surface area contributed by atoms with Crippen molar-refractivity contribution in [1.29, 1.82) is 0 Å². The Hall–Kier alpha value is -1.43. The summed E-state index contributed by atoms with van der Waals surface area (Å²) in [4.78, 5) is 0. The molecule has 0 fully saturated rings. The third kappa shape index (κ3) is 2.69. The van der Waals surface area contributed by atoms with E-state index >= 15 is 0 Å². The maximum Gasteiger partial charge on any atom is 0.205 e. The van der Waals surface area contributed by atoms with Crippen molar-refractivity contribution >= 4 is 16.5 Å². The van der Waals surface area contributed by atoms with Crippen LogP contribution in [0.1, 0.15) is 35.3 Å². The van der Waals surface area contributed by atoms with E-state index in [1.54, 1.807) is 11.3 Å². The van der Waals surface area contributed by atoms with Gasteiger partial charge in [0.2, 0.25) is 5.13 Å². The molecule has 0 spiro atoms. The van der Waals surface area contributed by atoms with E-state index in [4.69, 9.17) is 0 Å². The van der Waals surface area contributed by atoms with Crippen LogP contribution in [-0.2, 0) is 13.1 Å². The topological polar surface area (TPSA) is 55.6 Å². The highest BCUT2D eigenvalue weighted by molar-refractivity contribution is 7.15. The summed E-state index contributed by atoms with van der Waals surface area (Å²) >= 11 is 1.58. The van der Waals surface area contributed by atoms with Crippen LogP contribution in [0.3, 0.4) is 0 Å². The average Bonchev–Trinajstić information content (AvgIpc) is 2.84. The van der Waals surface area contributed by atoms with Crippen molar-refractivity contribution in [3.63, 3.8) is 0 Å². The van der Waals surface area contributed by atoms with Crippen LogP contribution in [0.4, 0.5) is 5.13 Å². The van der Waals surface area contributed by atoms with E-state index in [1.807, 2.05) is 6.92 Å². The Morgan fingerprint density at radius 3 is 2.61 bits per heavy atom. The van der Waals surface area contributed by atoms with Gasteiger partial charge >= 0.3 is 0 Å². The van der Waals surface area contributed by atoms with Gasteiger partial charge in [0.15, 0.2) is 0 Å². The van der Waals surface area contributed by atoms with Crippen LogP contribution in [0, 0.1) is 20.8 Å². The third-order valence-corrected chi connectivity index (χ3v) is 3.71. The van der Waals surface area contributed by atoms with Crippen molar-refractivity contribution in [2.75, 3.05) is 5.32 Å². The molecule has 0 saturated heterocycles. The Morgan fingerprint density at radius 2 is 2.00 bits per heavy atom. The lowest BCUT2D eigenvalue weighted by atomic mass is 10.2. The number of rotatable bonds is 5. The fourth-order valence-electron chi connectivity index (χ4n) is 1.95. The molecule has 2 aromatic heterocycles. The predicted octanol–water partition coefficient (Wildman–Crippen LogP) is 2.68. The molecule has 6 heteroatoms. The summed E-state index contributed by atoms with van der Waals surface area (Å²) in [7, 11) is 0. The zero-order chi connectivity index (χ0) is 13.1. The number of hydrogen-bond donors (Lipinski definition) is 1. The Bertz CT molecular complexity index is 529. The van der Waals surface area contributed by atoms with Crippen LogP contribution in [0.5, 0.6) is 0 Å². The molecule has 18 heavy (non-hydrogen) atoms. The summed E-state index contributed by atoms with van der Waals surface area (Å²) < 4.78 is 2.08. The maximum atomic E-state index is 4.56. The quantitative estimate of drug-likeness (QED) is 0.903. The Morgan fingerprint density at radius 1 is 1.22 bits per heavy atom. The predicted molar refractivity (Wildman–Crippen MR) is 74.0 cm³/mol. The SMILES string of the molecule is CCCn1nc(C)c(CNc2nnc(C)s2)c1C. The largest absolute Gasteiger partial charge is 0.356 e. The molecule has 0 aliphatic heterocycles. The monoisotopic (exact) mass is 265 g/mol.